The molecular weight excluding hydrogens is 250 g/mol. The standard InChI is InChI=1S/C11H17N5OS/c1-3-16(4-2)6-5-9-14-10(17-15-9)8-7-18-11(12)13-8/h7H,3-6H2,1-2H3,(H2,12,13). The highest BCUT2D eigenvalue weighted by molar-refractivity contribution is 7.13. The van der Waals surface area contributed by atoms with Gasteiger partial charge in [0, 0.05) is 18.3 Å². The summed E-state index contributed by atoms with van der Waals surface area (Å²) < 4.78 is 5.17. The molecule has 0 aliphatic heterocycles. The van der Waals surface area contributed by atoms with Crippen LogP contribution >= 0.6 is 11.3 Å². The number of aromatic nitrogens is 3. The van der Waals surface area contributed by atoms with E-state index in [-0.39, 0.29) is 0 Å². The van der Waals surface area contributed by atoms with Crippen LogP contribution in [0, 0.1) is 0 Å². The molecule has 6 nitrogen and oxygen atoms in total. The van der Waals surface area contributed by atoms with Crippen molar-refractivity contribution in [2.75, 3.05) is 25.4 Å². The lowest BCUT2D eigenvalue weighted by molar-refractivity contribution is 0.303. The maximum atomic E-state index is 5.57. The molecule has 0 aromatic carbocycles. The molecule has 0 bridgehead atoms. The highest BCUT2D eigenvalue weighted by Crippen LogP contribution is 2.21. The fourth-order valence-electron chi connectivity index (χ4n) is 1.64. The second-order valence-corrected chi connectivity index (χ2v) is 4.75. The monoisotopic (exact) mass is 267 g/mol. The molecule has 0 atom stereocenters. The molecule has 2 aromatic rings. The Morgan fingerprint density at radius 2 is 2.11 bits per heavy atom. The normalized spacial score (nSPS) is 11.3. The van der Waals surface area contributed by atoms with Gasteiger partial charge in [0.1, 0.15) is 5.69 Å². The molecule has 0 saturated carbocycles. The van der Waals surface area contributed by atoms with Crippen molar-refractivity contribution in [3.05, 3.63) is 11.2 Å². The van der Waals surface area contributed by atoms with Crippen molar-refractivity contribution in [2.24, 2.45) is 0 Å². The van der Waals surface area contributed by atoms with Crippen LogP contribution in [-0.4, -0.2) is 39.7 Å². The fourth-order valence-corrected chi connectivity index (χ4v) is 2.18. The number of likely N-dealkylation sites (N-methyl/N-ethyl adjacent to an activating group) is 1. The number of nitrogens with zero attached hydrogens (tertiary/aromatic N) is 4. The summed E-state index contributed by atoms with van der Waals surface area (Å²) in [5.74, 6) is 1.15. The van der Waals surface area contributed by atoms with Crippen molar-refractivity contribution < 1.29 is 4.52 Å². The van der Waals surface area contributed by atoms with Crippen LogP contribution in [0.3, 0.4) is 0 Å². The third-order valence-corrected chi connectivity index (χ3v) is 3.43. The molecule has 0 aliphatic carbocycles. The van der Waals surface area contributed by atoms with Gasteiger partial charge >= 0.3 is 0 Å². The van der Waals surface area contributed by atoms with Gasteiger partial charge in [-0.25, -0.2) is 4.98 Å². The van der Waals surface area contributed by atoms with Crippen LogP contribution < -0.4 is 5.73 Å². The van der Waals surface area contributed by atoms with Crippen molar-refractivity contribution in [1.29, 1.82) is 0 Å². The van der Waals surface area contributed by atoms with E-state index in [9.17, 15) is 0 Å². The van der Waals surface area contributed by atoms with Crippen molar-refractivity contribution in [1.82, 2.24) is 20.0 Å². The largest absolute Gasteiger partial charge is 0.375 e. The van der Waals surface area contributed by atoms with E-state index < -0.39 is 0 Å². The third-order valence-electron chi connectivity index (χ3n) is 2.76. The van der Waals surface area contributed by atoms with Crippen molar-refractivity contribution in [3.8, 4) is 11.6 Å². The van der Waals surface area contributed by atoms with Gasteiger partial charge in [-0.05, 0) is 13.1 Å². The summed E-state index contributed by atoms with van der Waals surface area (Å²) in [6, 6.07) is 0. The van der Waals surface area contributed by atoms with Gasteiger partial charge in [0.25, 0.3) is 5.89 Å². The maximum Gasteiger partial charge on any atom is 0.277 e. The Balaban J connectivity index is 1.98. The average Bonchev–Trinajstić information content (AvgIpc) is 2.99. The zero-order valence-corrected chi connectivity index (χ0v) is 11.4. The topological polar surface area (TPSA) is 81.1 Å². The summed E-state index contributed by atoms with van der Waals surface area (Å²) >= 11 is 1.36. The zero-order valence-electron chi connectivity index (χ0n) is 10.6. The predicted molar refractivity (Wildman–Crippen MR) is 71.3 cm³/mol. The number of nitrogen functional groups attached to an aromatic ring is 1. The Hall–Kier alpha value is -1.47. The average molecular weight is 267 g/mol. The molecule has 7 heteroatoms. The smallest absolute Gasteiger partial charge is 0.277 e. The molecular formula is C11H17N5OS. The number of nitrogens with two attached hydrogens (primary N) is 1. The molecule has 2 rings (SSSR count). The Labute approximate surface area is 110 Å². The van der Waals surface area contributed by atoms with Gasteiger partial charge in [-0.1, -0.05) is 19.0 Å². The quantitative estimate of drug-likeness (QED) is 0.857. The van der Waals surface area contributed by atoms with E-state index >= 15 is 0 Å². The van der Waals surface area contributed by atoms with Gasteiger partial charge in [0.05, 0.1) is 0 Å². The summed E-state index contributed by atoms with van der Waals surface area (Å²) in [4.78, 5) is 10.7. The first-order valence-corrected chi connectivity index (χ1v) is 6.87. The SMILES string of the molecule is CCN(CC)CCc1noc(-c2csc(N)n2)n1. The van der Waals surface area contributed by atoms with Gasteiger partial charge in [-0.15, -0.1) is 11.3 Å². The number of hydrogen-bond donors (Lipinski definition) is 1. The number of hydrogen-bond acceptors (Lipinski definition) is 7. The van der Waals surface area contributed by atoms with E-state index in [1.807, 2.05) is 5.38 Å². The molecule has 0 unspecified atom stereocenters. The molecule has 18 heavy (non-hydrogen) atoms. The van der Waals surface area contributed by atoms with E-state index in [0.29, 0.717) is 22.5 Å². The molecule has 98 valence electrons. The second-order valence-electron chi connectivity index (χ2n) is 3.86. The lowest BCUT2D eigenvalue weighted by Gasteiger charge is -2.16. The van der Waals surface area contributed by atoms with Crippen LogP contribution in [0.15, 0.2) is 9.90 Å². The Bertz CT molecular complexity index is 491. The molecule has 2 N–H and O–H groups in total. The van der Waals surface area contributed by atoms with Crippen LogP contribution in [0.5, 0.6) is 0 Å². The van der Waals surface area contributed by atoms with Gasteiger partial charge in [-0.2, -0.15) is 4.98 Å². The zero-order chi connectivity index (χ0) is 13.0. The first-order chi connectivity index (χ1) is 8.72. The van der Waals surface area contributed by atoms with Crippen LogP contribution in [0.2, 0.25) is 0 Å². The van der Waals surface area contributed by atoms with Gasteiger partial charge in [0.15, 0.2) is 11.0 Å². The minimum absolute atomic E-state index is 0.442. The van der Waals surface area contributed by atoms with E-state index in [2.05, 4.69) is 33.9 Å². The van der Waals surface area contributed by atoms with Crippen molar-refractivity contribution in [3.63, 3.8) is 0 Å². The van der Waals surface area contributed by atoms with Crippen molar-refractivity contribution >= 4 is 16.5 Å². The minimum Gasteiger partial charge on any atom is -0.375 e. The van der Waals surface area contributed by atoms with Crippen LogP contribution in [-0.2, 0) is 6.42 Å². The maximum absolute atomic E-state index is 5.57. The van der Waals surface area contributed by atoms with E-state index in [0.717, 1.165) is 26.1 Å². The fraction of sp³-hybridized carbons (Fsp3) is 0.545. The lowest BCUT2D eigenvalue weighted by atomic mass is 10.3. The third kappa shape index (κ3) is 3.05. The summed E-state index contributed by atoms with van der Waals surface area (Å²) in [5, 5.41) is 6.28. The Morgan fingerprint density at radius 3 is 2.72 bits per heavy atom. The molecule has 0 radical (unpaired) electrons. The number of anilines is 1. The van der Waals surface area contributed by atoms with Gasteiger partial charge < -0.3 is 15.2 Å². The molecule has 0 amide bonds. The summed E-state index contributed by atoms with van der Waals surface area (Å²) in [5.41, 5.74) is 6.22. The van der Waals surface area contributed by atoms with Gasteiger partial charge in [-0.3, -0.25) is 0 Å². The minimum atomic E-state index is 0.442. The predicted octanol–water partition coefficient (Wildman–Crippen LogP) is 1.66. The second kappa shape index (κ2) is 5.92. The summed E-state index contributed by atoms with van der Waals surface area (Å²) in [6.45, 7) is 7.28. The highest BCUT2D eigenvalue weighted by Gasteiger charge is 2.12. The molecule has 0 spiro atoms. The molecule has 0 fully saturated rings. The molecule has 0 saturated heterocycles. The number of rotatable bonds is 6. The summed E-state index contributed by atoms with van der Waals surface area (Å²) in [7, 11) is 0. The first kappa shape index (κ1) is 13.0. The summed E-state index contributed by atoms with van der Waals surface area (Å²) in [6.07, 6.45) is 0.783. The molecule has 2 heterocycles. The van der Waals surface area contributed by atoms with E-state index in [1.165, 1.54) is 11.3 Å². The Morgan fingerprint density at radius 1 is 1.33 bits per heavy atom. The van der Waals surface area contributed by atoms with E-state index in [1.54, 1.807) is 0 Å². The number of thiazole rings is 1. The van der Waals surface area contributed by atoms with E-state index in [4.69, 9.17) is 10.3 Å². The molecule has 0 aliphatic rings. The lowest BCUT2D eigenvalue weighted by Crippen LogP contribution is -2.25. The Kier molecular flexibility index (Phi) is 4.27. The van der Waals surface area contributed by atoms with Crippen molar-refractivity contribution in [2.45, 2.75) is 20.3 Å². The molecule has 2 aromatic heterocycles. The highest BCUT2D eigenvalue weighted by atomic mass is 32.1. The van der Waals surface area contributed by atoms with Gasteiger partial charge in [0.2, 0.25) is 0 Å². The van der Waals surface area contributed by atoms with Crippen LogP contribution in [0.4, 0.5) is 5.13 Å². The van der Waals surface area contributed by atoms with Crippen LogP contribution in [0.25, 0.3) is 11.6 Å². The van der Waals surface area contributed by atoms with Crippen LogP contribution in [0.1, 0.15) is 19.7 Å². The first-order valence-electron chi connectivity index (χ1n) is 5.99.